The van der Waals surface area contributed by atoms with Gasteiger partial charge in [0.25, 0.3) is 0 Å². The van der Waals surface area contributed by atoms with Gasteiger partial charge in [0.15, 0.2) is 5.65 Å². The maximum absolute atomic E-state index is 4.78. The van der Waals surface area contributed by atoms with Crippen LogP contribution in [0.2, 0.25) is 0 Å². The van der Waals surface area contributed by atoms with E-state index in [-0.39, 0.29) is 0 Å². The lowest BCUT2D eigenvalue weighted by molar-refractivity contribution is 0.896. The zero-order valence-corrected chi connectivity index (χ0v) is 17.4. The molecule has 0 aliphatic heterocycles. The van der Waals surface area contributed by atoms with Crippen molar-refractivity contribution in [2.45, 2.75) is 13.8 Å². The van der Waals surface area contributed by atoms with Crippen molar-refractivity contribution in [3.8, 4) is 5.69 Å². The Balaban J connectivity index is 1.62. The van der Waals surface area contributed by atoms with Gasteiger partial charge in [-0.15, -0.1) is 0 Å². The minimum absolute atomic E-state index is 0.503. The highest BCUT2D eigenvalue weighted by molar-refractivity contribution is 5.90. The van der Waals surface area contributed by atoms with Crippen LogP contribution in [0.25, 0.3) is 16.7 Å². The first-order valence-corrected chi connectivity index (χ1v) is 10.1. The highest BCUT2D eigenvalue weighted by Crippen LogP contribution is 2.28. The number of rotatable bonds is 5. The van der Waals surface area contributed by atoms with Crippen LogP contribution in [0, 0.1) is 13.8 Å². The molecule has 6 nitrogen and oxygen atoms in total. The van der Waals surface area contributed by atoms with Crippen molar-refractivity contribution >= 4 is 34.2 Å². The predicted octanol–water partition coefficient (Wildman–Crippen LogP) is 5.92. The third kappa shape index (κ3) is 3.96. The van der Waals surface area contributed by atoms with Crippen molar-refractivity contribution < 1.29 is 0 Å². The Hall–Kier alpha value is -4.19. The number of aryl methyl sites for hydroxylation is 2. The standard InChI is InChI=1S/C25H22N6/c1-17-8-12-19(13-9-17)27-23-22-16-26-31(21-6-4-3-5-7-21)24(22)30-25(29-23)28-20-14-10-18(2)11-15-20/h3-16H,1-2H3,(H2,27,28,29,30). The van der Waals surface area contributed by atoms with Crippen LogP contribution < -0.4 is 10.6 Å². The maximum atomic E-state index is 4.78. The molecule has 0 radical (unpaired) electrons. The van der Waals surface area contributed by atoms with Gasteiger partial charge in [-0.05, 0) is 50.2 Å². The van der Waals surface area contributed by atoms with Crippen molar-refractivity contribution in [3.05, 3.63) is 96.2 Å². The first-order chi connectivity index (χ1) is 15.2. The Morgan fingerprint density at radius 3 is 1.94 bits per heavy atom. The van der Waals surface area contributed by atoms with Gasteiger partial charge in [0.2, 0.25) is 5.95 Å². The number of aromatic nitrogens is 4. The summed E-state index contributed by atoms with van der Waals surface area (Å²) in [6, 6.07) is 26.3. The van der Waals surface area contributed by atoms with E-state index < -0.39 is 0 Å². The molecule has 0 aliphatic rings. The molecule has 0 unspecified atom stereocenters. The summed E-state index contributed by atoms with van der Waals surface area (Å²) in [5.74, 6) is 1.20. The Morgan fingerprint density at radius 1 is 0.677 bits per heavy atom. The molecule has 0 saturated carbocycles. The summed E-state index contributed by atoms with van der Waals surface area (Å²) in [4.78, 5) is 9.54. The summed E-state index contributed by atoms with van der Waals surface area (Å²) in [6.45, 7) is 4.13. The average Bonchev–Trinajstić information content (AvgIpc) is 3.22. The first kappa shape index (κ1) is 18.8. The van der Waals surface area contributed by atoms with Crippen LogP contribution in [0.3, 0.4) is 0 Å². The Labute approximate surface area is 180 Å². The fraction of sp³-hybridized carbons (Fsp3) is 0.0800. The van der Waals surface area contributed by atoms with E-state index in [0.29, 0.717) is 11.8 Å². The number of benzene rings is 3. The highest BCUT2D eigenvalue weighted by Gasteiger charge is 2.15. The van der Waals surface area contributed by atoms with E-state index in [0.717, 1.165) is 28.1 Å². The number of hydrogen-bond acceptors (Lipinski definition) is 5. The fourth-order valence-corrected chi connectivity index (χ4v) is 3.36. The van der Waals surface area contributed by atoms with Crippen LogP contribution >= 0.6 is 0 Å². The van der Waals surface area contributed by atoms with Gasteiger partial charge in [0.05, 0.1) is 17.3 Å². The quantitative estimate of drug-likeness (QED) is 0.379. The second-order valence-corrected chi connectivity index (χ2v) is 7.51. The molecule has 6 heteroatoms. The van der Waals surface area contributed by atoms with E-state index >= 15 is 0 Å². The Kier molecular flexibility index (Phi) is 4.80. The van der Waals surface area contributed by atoms with Crippen molar-refractivity contribution in [2.24, 2.45) is 0 Å². The molecule has 2 heterocycles. The summed E-state index contributed by atoms with van der Waals surface area (Å²) < 4.78 is 1.83. The number of para-hydroxylation sites is 1. The van der Waals surface area contributed by atoms with Crippen LogP contribution in [-0.4, -0.2) is 19.7 Å². The maximum Gasteiger partial charge on any atom is 0.231 e. The minimum atomic E-state index is 0.503. The molecule has 0 fully saturated rings. The van der Waals surface area contributed by atoms with Crippen molar-refractivity contribution in [2.75, 3.05) is 10.6 Å². The van der Waals surface area contributed by atoms with Gasteiger partial charge in [-0.25, -0.2) is 4.68 Å². The van der Waals surface area contributed by atoms with Crippen LogP contribution in [0.4, 0.5) is 23.1 Å². The van der Waals surface area contributed by atoms with Gasteiger partial charge < -0.3 is 10.6 Å². The summed E-state index contributed by atoms with van der Waals surface area (Å²) >= 11 is 0. The monoisotopic (exact) mass is 406 g/mol. The zero-order valence-electron chi connectivity index (χ0n) is 17.4. The second-order valence-electron chi connectivity index (χ2n) is 7.51. The van der Waals surface area contributed by atoms with Crippen molar-refractivity contribution in [3.63, 3.8) is 0 Å². The number of nitrogens with zero attached hydrogens (tertiary/aromatic N) is 4. The largest absolute Gasteiger partial charge is 0.339 e. The molecule has 0 spiro atoms. The third-order valence-corrected chi connectivity index (χ3v) is 5.05. The molecule has 0 saturated heterocycles. The SMILES string of the molecule is Cc1ccc(Nc2nc(Nc3ccc(C)cc3)c3cnn(-c4ccccc4)c3n2)cc1. The van der Waals surface area contributed by atoms with Gasteiger partial charge in [-0.2, -0.15) is 15.1 Å². The van der Waals surface area contributed by atoms with E-state index in [4.69, 9.17) is 9.97 Å². The average molecular weight is 406 g/mol. The van der Waals surface area contributed by atoms with Gasteiger partial charge in [-0.1, -0.05) is 53.6 Å². The molecular formula is C25H22N6. The molecular weight excluding hydrogens is 384 g/mol. The molecule has 3 aromatic carbocycles. The lowest BCUT2D eigenvalue weighted by atomic mass is 10.2. The number of anilines is 4. The van der Waals surface area contributed by atoms with Crippen LogP contribution in [0.1, 0.15) is 11.1 Å². The Morgan fingerprint density at radius 2 is 1.29 bits per heavy atom. The van der Waals surface area contributed by atoms with E-state index in [1.807, 2.05) is 59.3 Å². The van der Waals surface area contributed by atoms with Crippen molar-refractivity contribution in [1.82, 2.24) is 19.7 Å². The molecule has 0 amide bonds. The highest BCUT2D eigenvalue weighted by atomic mass is 15.3. The number of fused-ring (bicyclic) bond motifs is 1. The molecule has 2 aromatic heterocycles. The molecule has 2 N–H and O–H groups in total. The molecule has 0 aliphatic carbocycles. The van der Waals surface area contributed by atoms with Crippen molar-refractivity contribution in [1.29, 1.82) is 0 Å². The summed E-state index contributed by atoms with van der Waals surface area (Å²) in [5, 5.41) is 12.2. The summed E-state index contributed by atoms with van der Waals surface area (Å²) in [6.07, 6.45) is 1.80. The second kappa shape index (κ2) is 7.91. The van der Waals surface area contributed by atoms with Crippen LogP contribution in [0.5, 0.6) is 0 Å². The van der Waals surface area contributed by atoms with E-state index in [9.17, 15) is 0 Å². The first-order valence-electron chi connectivity index (χ1n) is 10.1. The van der Waals surface area contributed by atoms with Crippen LogP contribution in [0.15, 0.2) is 85.1 Å². The molecule has 31 heavy (non-hydrogen) atoms. The summed E-state index contributed by atoms with van der Waals surface area (Å²) in [7, 11) is 0. The number of nitrogens with one attached hydrogen (secondary N) is 2. The third-order valence-electron chi connectivity index (χ3n) is 5.05. The van der Waals surface area contributed by atoms with Gasteiger partial charge >= 0.3 is 0 Å². The van der Waals surface area contributed by atoms with E-state index in [2.05, 4.69) is 53.8 Å². The van der Waals surface area contributed by atoms with Gasteiger partial charge in [-0.3, -0.25) is 0 Å². The molecule has 0 atom stereocenters. The molecule has 5 aromatic rings. The fourth-order valence-electron chi connectivity index (χ4n) is 3.36. The predicted molar refractivity (Wildman–Crippen MR) is 126 cm³/mol. The van der Waals surface area contributed by atoms with E-state index in [1.54, 1.807) is 6.20 Å². The molecule has 5 rings (SSSR count). The van der Waals surface area contributed by atoms with Gasteiger partial charge in [0, 0.05) is 11.4 Å². The molecule has 152 valence electrons. The molecule has 0 bridgehead atoms. The Bertz CT molecular complexity index is 1320. The smallest absolute Gasteiger partial charge is 0.231 e. The minimum Gasteiger partial charge on any atom is -0.339 e. The zero-order chi connectivity index (χ0) is 21.2. The normalized spacial score (nSPS) is 10.9. The van der Waals surface area contributed by atoms with Crippen LogP contribution in [-0.2, 0) is 0 Å². The summed E-state index contributed by atoms with van der Waals surface area (Å²) in [5.41, 5.74) is 5.96. The topological polar surface area (TPSA) is 67.7 Å². The number of hydrogen-bond donors (Lipinski definition) is 2. The van der Waals surface area contributed by atoms with Gasteiger partial charge in [0.1, 0.15) is 5.82 Å². The van der Waals surface area contributed by atoms with E-state index in [1.165, 1.54) is 11.1 Å². The lowest BCUT2D eigenvalue weighted by Crippen LogP contribution is -2.04. The lowest BCUT2D eigenvalue weighted by Gasteiger charge is -2.11.